The maximum absolute atomic E-state index is 12.5. The zero-order chi connectivity index (χ0) is 16.8. The van der Waals surface area contributed by atoms with Crippen LogP contribution in [-0.4, -0.2) is 50.1 Å². The molecule has 0 aromatic heterocycles. The van der Waals surface area contributed by atoms with Gasteiger partial charge in [-0.3, -0.25) is 9.59 Å². The molecule has 1 saturated heterocycles. The molecular formula is C17H26ClN3O3. The van der Waals surface area contributed by atoms with Crippen LogP contribution >= 0.6 is 12.4 Å². The number of carbonyl (C=O) groups is 2. The summed E-state index contributed by atoms with van der Waals surface area (Å²) >= 11 is 0. The minimum absolute atomic E-state index is 0. The Kier molecular flexibility index (Phi) is 8.18. The van der Waals surface area contributed by atoms with E-state index in [9.17, 15) is 9.59 Å². The fourth-order valence-corrected chi connectivity index (χ4v) is 2.79. The lowest BCUT2D eigenvalue weighted by molar-refractivity contribution is -0.133. The van der Waals surface area contributed by atoms with Gasteiger partial charge in [0.15, 0.2) is 0 Å². The van der Waals surface area contributed by atoms with Gasteiger partial charge in [0.2, 0.25) is 5.91 Å². The van der Waals surface area contributed by atoms with E-state index < -0.39 is 6.04 Å². The molecule has 2 amide bonds. The standard InChI is InChI=1S/C17H25N3O3.ClH/c1-19-16(21)14-5-3-12(4-6-14)11-20(2)17(22)15(18)13-7-9-23-10-8-13;/h3-6,13,15H,7-11,18H2,1-2H3,(H,19,21);1H. The molecule has 0 spiro atoms. The zero-order valence-electron chi connectivity index (χ0n) is 14.2. The molecule has 1 aliphatic heterocycles. The summed E-state index contributed by atoms with van der Waals surface area (Å²) in [4.78, 5) is 25.6. The summed E-state index contributed by atoms with van der Waals surface area (Å²) in [7, 11) is 3.36. The molecule has 1 heterocycles. The van der Waals surface area contributed by atoms with Crippen LogP contribution in [0.3, 0.4) is 0 Å². The van der Waals surface area contributed by atoms with Crippen molar-refractivity contribution in [2.24, 2.45) is 11.7 Å². The van der Waals surface area contributed by atoms with E-state index in [2.05, 4.69) is 5.32 Å². The average Bonchev–Trinajstić information content (AvgIpc) is 2.61. The normalized spacial score (nSPS) is 16.0. The highest BCUT2D eigenvalue weighted by Crippen LogP contribution is 2.19. The Bertz CT molecular complexity index is 545. The van der Waals surface area contributed by atoms with Gasteiger partial charge in [-0.15, -0.1) is 12.4 Å². The van der Waals surface area contributed by atoms with Gasteiger partial charge in [0.05, 0.1) is 6.04 Å². The van der Waals surface area contributed by atoms with Crippen molar-refractivity contribution in [2.45, 2.75) is 25.4 Å². The first kappa shape index (κ1) is 20.4. The van der Waals surface area contributed by atoms with Gasteiger partial charge in [-0.25, -0.2) is 0 Å². The number of nitrogens with one attached hydrogen (secondary N) is 1. The lowest BCUT2D eigenvalue weighted by atomic mass is 9.91. The fraction of sp³-hybridized carbons (Fsp3) is 0.529. The van der Waals surface area contributed by atoms with Gasteiger partial charge < -0.3 is 20.7 Å². The summed E-state index contributed by atoms with van der Waals surface area (Å²) in [6.45, 7) is 1.83. The van der Waals surface area contributed by atoms with Crippen LogP contribution in [0.5, 0.6) is 0 Å². The molecule has 6 nitrogen and oxygen atoms in total. The van der Waals surface area contributed by atoms with Crippen molar-refractivity contribution in [3.8, 4) is 0 Å². The molecule has 1 aliphatic rings. The molecule has 3 N–H and O–H groups in total. The number of nitrogens with zero attached hydrogens (tertiary/aromatic N) is 1. The van der Waals surface area contributed by atoms with E-state index in [1.54, 1.807) is 31.1 Å². The predicted molar refractivity (Wildman–Crippen MR) is 95.1 cm³/mol. The van der Waals surface area contributed by atoms with Crippen LogP contribution in [0.4, 0.5) is 0 Å². The summed E-state index contributed by atoms with van der Waals surface area (Å²) in [6, 6.07) is 6.74. The first-order valence-electron chi connectivity index (χ1n) is 7.92. The number of hydrogen-bond donors (Lipinski definition) is 2. The van der Waals surface area contributed by atoms with E-state index in [0.29, 0.717) is 25.3 Å². The number of hydrogen-bond acceptors (Lipinski definition) is 4. The van der Waals surface area contributed by atoms with E-state index in [1.807, 2.05) is 12.1 Å². The molecule has 1 aromatic carbocycles. The second kappa shape index (κ2) is 9.61. The largest absolute Gasteiger partial charge is 0.381 e. The van der Waals surface area contributed by atoms with Crippen molar-refractivity contribution < 1.29 is 14.3 Å². The topological polar surface area (TPSA) is 84.7 Å². The quantitative estimate of drug-likeness (QED) is 0.830. The van der Waals surface area contributed by atoms with Crippen LogP contribution in [0.2, 0.25) is 0 Å². The summed E-state index contributed by atoms with van der Waals surface area (Å²) in [6.07, 6.45) is 1.67. The van der Waals surface area contributed by atoms with Crippen LogP contribution in [0.1, 0.15) is 28.8 Å². The van der Waals surface area contributed by atoms with Gasteiger partial charge in [0.1, 0.15) is 0 Å². The third-order valence-electron chi connectivity index (χ3n) is 4.30. The summed E-state index contributed by atoms with van der Waals surface area (Å²) < 4.78 is 5.31. The van der Waals surface area contributed by atoms with E-state index in [-0.39, 0.29) is 30.1 Å². The molecular weight excluding hydrogens is 330 g/mol. The Morgan fingerprint density at radius 1 is 1.29 bits per heavy atom. The highest BCUT2D eigenvalue weighted by Gasteiger charge is 2.28. The average molecular weight is 356 g/mol. The van der Waals surface area contributed by atoms with Crippen LogP contribution < -0.4 is 11.1 Å². The van der Waals surface area contributed by atoms with Crippen molar-refractivity contribution in [1.29, 1.82) is 0 Å². The van der Waals surface area contributed by atoms with E-state index >= 15 is 0 Å². The minimum atomic E-state index is -0.478. The second-order valence-electron chi connectivity index (χ2n) is 5.95. The highest BCUT2D eigenvalue weighted by atomic mass is 35.5. The van der Waals surface area contributed by atoms with Crippen molar-refractivity contribution in [3.63, 3.8) is 0 Å². The van der Waals surface area contributed by atoms with Crippen LogP contribution in [-0.2, 0) is 16.1 Å². The van der Waals surface area contributed by atoms with Gasteiger partial charge in [-0.2, -0.15) is 0 Å². The lowest BCUT2D eigenvalue weighted by Gasteiger charge is -2.29. The molecule has 1 aromatic rings. The fourth-order valence-electron chi connectivity index (χ4n) is 2.79. The maximum atomic E-state index is 12.5. The van der Waals surface area contributed by atoms with Gasteiger partial charge in [0, 0.05) is 39.4 Å². The van der Waals surface area contributed by atoms with Crippen molar-refractivity contribution in [1.82, 2.24) is 10.2 Å². The molecule has 0 saturated carbocycles. The third kappa shape index (κ3) is 5.19. The van der Waals surface area contributed by atoms with Crippen LogP contribution in [0.15, 0.2) is 24.3 Å². The Hall–Kier alpha value is -1.63. The van der Waals surface area contributed by atoms with Crippen molar-refractivity contribution in [2.75, 3.05) is 27.3 Å². The van der Waals surface area contributed by atoms with E-state index in [0.717, 1.165) is 18.4 Å². The molecule has 24 heavy (non-hydrogen) atoms. The number of nitrogens with two attached hydrogens (primary N) is 1. The zero-order valence-corrected chi connectivity index (χ0v) is 15.0. The van der Waals surface area contributed by atoms with Crippen LogP contribution in [0, 0.1) is 5.92 Å². The second-order valence-corrected chi connectivity index (χ2v) is 5.95. The number of benzene rings is 1. The molecule has 134 valence electrons. The maximum Gasteiger partial charge on any atom is 0.251 e. The smallest absolute Gasteiger partial charge is 0.251 e. The number of likely N-dealkylation sites (N-methyl/N-ethyl adjacent to an activating group) is 1. The Morgan fingerprint density at radius 3 is 2.42 bits per heavy atom. The van der Waals surface area contributed by atoms with Crippen LogP contribution in [0.25, 0.3) is 0 Å². The van der Waals surface area contributed by atoms with Gasteiger partial charge in [-0.1, -0.05) is 12.1 Å². The molecule has 1 atom stereocenters. The van der Waals surface area contributed by atoms with Gasteiger partial charge in [0.25, 0.3) is 5.91 Å². The number of amides is 2. The Labute approximate surface area is 149 Å². The van der Waals surface area contributed by atoms with Gasteiger partial charge in [-0.05, 0) is 36.5 Å². The highest BCUT2D eigenvalue weighted by molar-refractivity contribution is 5.93. The molecule has 1 fully saturated rings. The third-order valence-corrected chi connectivity index (χ3v) is 4.30. The number of ether oxygens (including phenoxy) is 1. The molecule has 7 heteroatoms. The first-order valence-corrected chi connectivity index (χ1v) is 7.92. The summed E-state index contributed by atoms with van der Waals surface area (Å²) in [5.74, 6) is 0.0177. The molecule has 1 unspecified atom stereocenters. The number of halogens is 1. The molecule has 0 bridgehead atoms. The van der Waals surface area contributed by atoms with Gasteiger partial charge >= 0.3 is 0 Å². The summed E-state index contributed by atoms with van der Waals surface area (Å²) in [5.41, 5.74) is 7.70. The lowest BCUT2D eigenvalue weighted by Crippen LogP contribution is -2.47. The SMILES string of the molecule is CNC(=O)c1ccc(CN(C)C(=O)C(N)C2CCOCC2)cc1.Cl. The monoisotopic (exact) mass is 355 g/mol. The predicted octanol–water partition coefficient (Wildman–Crippen LogP) is 1.18. The van der Waals surface area contributed by atoms with Crippen molar-refractivity contribution in [3.05, 3.63) is 35.4 Å². The Morgan fingerprint density at radius 2 is 1.88 bits per heavy atom. The Balaban J connectivity index is 0.00000288. The molecule has 0 aliphatic carbocycles. The van der Waals surface area contributed by atoms with Crippen molar-refractivity contribution >= 4 is 24.2 Å². The molecule has 2 rings (SSSR count). The molecule has 0 radical (unpaired) electrons. The van der Waals surface area contributed by atoms with E-state index in [4.69, 9.17) is 10.5 Å². The number of rotatable bonds is 5. The minimum Gasteiger partial charge on any atom is -0.381 e. The van der Waals surface area contributed by atoms with E-state index in [1.165, 1.54) is 0 Å². The first-order chi connectivity index (χ1) is 11.0. The summed E-state index contributed by atoms with van der Waals surface area (Å²) in [5, 5.41) is 2.58. The number of carbonyl (C=O) groups excluding carboxylic acids is 2.